The smallest absolute Gasteiger partial charge is 0.0505 e. The number of hydrogen-bond acceptors (Lipinski definition) is 3. The first-order valence-electron chi connectivity index (χ1n) is 5.40. The van der Waals surface area contributed by atoms with Crippen molar-refractivity contribution >= 4 is 38.6 Å². The van der Waals surface area contributed by atoms with Gasteiger partial charge in [0, 0.05) is 34.8 Å². The Hall–Kier alpha value is -1.00. The third kappa shape index (κ3) is 3.23. The Morgan fingerprint density at radius 3 is 2.41 bits per heavy atom. The van der Waals surface area contributed by atoms with Crippen LogP contribution in [-0.2, 0) is 6.54 Å². The van der Waals surface area contributed by atoms with Gasteiger partial charge in [0.25, 0.3) is 0 Å². The Kier molecular flexibility index (Phi) is 4.07. The van der Waals surface area contributed by atoms with E-state index in [4.69, 9.17) is 0 Å². The monoisotopic (exact) mass is 310 g/mol. The van der Waals surface area contributed by atoms with E-state index in [1.165, 1.54) is 15.0 Å². The van der Waals surface area contributed by atoms with Crippen LogP contribution in [0.15, 0.2) is 40.2 Å². The van der Waals surface area contributed by atoms with Crippen molar-refractivity contribution in [2.75, 3.05) is 24.3 Å². The lowest BCUT2D eigenvalue weighted by molar-refractivity contribution is 1.13. The lowest BCUT2D eigenvalue weighted by Crippen LogP contribution is -2.08. The average Bonchev–Trinajstić information content (AvgIpc) is 2.73. The number of nitrogens with zero attached hydrogens (tertiary/aromatic N) is 1. The molecule has 0 aliphatic rings. The fourth-order valence-electron chi connectivity index (χ4n) is 1.51. The molecule has 1 aromatic heterocycles. The molecule has 0 aliphatic carbocycles. The van der Waals surface area contributed by atoms with Crippen molar-refractivity contribution in [2.24, 2.45) is 0 Å². The molecule has 0 amide bonds. The van der Waals surface area contributed by atoms with Gasteiger partial charge in [-0.3, -0.25) is 0 Å². The lowest BCUT2D eigenvalue weighted by atomic mass is 10.2. The quantitative estimate of drug-likeness (QED) is 0.911. The zero-order valence-electron chi connectivity index (χ0n) is 9.90. The SMILES string of the molecule is CN(C)c1ccc(NCc2sccc2Br)cc1. The van der Waals surface area contributed by atoms with Crippen LogP contribution in [0.4, 0.5) is 11.4 Å². The molecule has 0 atom stereocenters. The molecular formula is C13H15BrN2S. The highest BCUT2D eigenvalue weighted by Crippen LogP contribution is 2.24. The van der Waals surface area contributed by atoms with Crippen LogP contribution < -0.4 is 10.2 Å². The minimum atomic E-state index is 0.861. The second-order valence-corrected chi connectivity index (χ2v) is 5.84. The van der Waals surface area contributed by atoms with Crippen LogP contribution in [0.5, 0.6) is 0 Å². The fourth-order valence-corrected chi connectivity index (χ4v) is 2.94. The van der Waals surface area contributed by atoms with Crippen molar-refractivity contribution < 1.29 is 0 Å². The molecule has 0 bridgehead atoms. The van der Waals surface area contributed by atoms with E-state index < -0.39 is 0 Å². The minimum Gasteiger partial charge on any atom is -0.380 e. The molecule has 0 saturated carbocycles. The maximum absolute atomic E-state index is 3.53. The summed E-state index contributed by atoms with van der Waals surface area (Å²) in [7, 11) is 4.09. The Morgan fingerprint density at radius 1 is 1.18 bits per heavy atom. The Bertz CT molecular complexity index is 476. The zero-order chi connectivity index (χ0) is 12.3. The zero-order valence-corrected chi connectivity index (χ0v) is 12.3. The van der Waals surface area contributed by atoms with Crippen LogP contribution in [0.3, 0.4) is 0 Å². The molecule has 4 heteroatoms. The van der Waals surface area contributed by atoms with Crippen LogP contribution in [0.1, 0.15) is 4.88 Å². The molecule has 2 rings (SSSR count). The summed E-state index contributed by atoms with van der Waals surface area (Å²) in [5, 5.41) is 5.51. The van der Waals surface area contributed by atoms with Crippen molar-refractivity contribution in [2.45, 2.75) is 6.54 Å². The van der Waals surface area contributed by atoms with Gasteiger partial charge in [-0.15, -0.1) is 11.3 Å². The maximum Gasteiger partial charge on any atom is 0.0505 e. The summed E-state index contributed by atoms with van der Waals surface area (Å²) in [4.78, 5) is 3.42. The number of anilines is 2. The van der Waals surface area contributed by atoms with E-state index in [0.717, 1.165) is 12.2 Å². The number of benzene rings is 1. The van der Waals surface area contributed by atoms with E-state index >= 15 is 0 Å². The molecule has 0 spiro atoms. The first-order valence-corrected chi connectivity index (χ1v) is 7.07. The van der Waals surface area contributed by atoms with Gasteiger partial charge in [0.2, 0.25) is 0 Å². The average molecular weight is 311 g/mol. The Balaban J connectivity index is 1.98. The first-order chi connectivity index (χ1) is 8.16. The fraction of sp³-hybridized carbons (Fsp3) is 0.231. The summed E-state index contributed by atoms with van der Waals surface area (Å²) in [6.07, 6.45) is 0. The molecule has 0 unspecified atom stereocenters. The summed E-state index contributed by atoms with van der Waals surface area (Å²) >= 11 is 5.29. The van der Waals surface area contributed by atoms with E-state index in [1.807, 2.05) is 14.1 Å². The van der Waals surface area contributed by atoms with E-state index in [9.17, 15) is 0 Å². The van der Waals surface area contributed by atoms with Crippen LogP contribution in [-0.4, -0.2) is 14.1 Å². The summed E-state index contributed by atoms with van der Waals surface area (Å²) in [6.45, 7) is 0.861. The van der Waals surface area contributed by atoms with Gasteiger partial charge in [-0.1, -0.05) is 0 Å². The standard InChI is InChI=1S/C13H15BrN2S/c1-16(2)11-5-3-10(4-6-11)15-9-13-12(14)7-8-17-13/h3-8,15H,9H2,1-2H3. The summed E-state index contributed by atoms with van der Waals surface area (Å²) in [6, 6.07) is 10.5. The van der Waals surface area contributed by atoms with Gasteiger partial charge in [-0.25, -0.2) is 0 Å². The number of nitrogens with one attached hydrogen (secondary N) is 1. The molecule has 1 N–H and O–H groups in total. The van der Waals surface area contributed by atoms with Gasteiger partial charge in [-0.05, 0) is 51.6 Å². The Labute approximate surface area is 114 Å². The first kappa shape index (κ1) is 12.5. The van der Waals surface area contributed by atoms with Gasteiger partial charge >= 0.3 is 0 Å². The van der Waals surface area contributed by atoms with Crippen LogP contribution in [0.25, 0.3) is 0 Å². The van der Waals surface area contributed by atoms with E-state index in [0.29, 0.717) is 0 Å². The summed E-state index contributed by atoms with van der Waals surface area (Å²) in [5.41, 5.74) is 2.36. The predicted molar refractivity (Wildman–Crippen MR) is 80.1 cm³/mol. The van der Waals surface area contributed by atoms with Crippen molar-refractivity contribution in [1.29, 1.82) is 0 Å². The van der Waals surface area contributed by atoms with Gasteiger partial charge in [0.15, 0.2) is 0 Å². The number of rotatable bonds is 4. The molecule has 0 fully saturated rings. The topological polar surface area (TPSA) is 15.3 Å². The second kappa shape index (κ2) is 5.56. The van der Waals surface area contributed by atoms with Gasteiger partial charge < -0.3 is 10.2 Å². The molecular weight excluding hydrogens is 296 g/mol. The molecule has 0 aliphatic heterocycles. The molecule has 0 saturated heterocycles. The largest absolute Gasteiger partial charge is 0.380 e. The van der Waals surface area contributed by atoms with Crippen molar-refractivity contribution in [3.63, 3.8) is 0 Å². The third-order valence-electron chi connectivity index (χ3n) is 2.53. The van der Waals surface area contributed by atoms with Crippen molar-refractivity contribution in [1.82, 2.24) is 0 Å². The molecule has 2 aromatic rings. The van der Waals surface area contributed by atoms with Gasteiger partial charge in [0.1, 0.15) is 0 Å². The van der Waals surface area contributed by atoms with Crippen LogP contribution in [0, 0.1) is 0 Å². The number of hydrogen-bond donors (Lipinski definition) is 1. The summed E-state index contributed by atoms with van der Waals surface area (Å²) in [5.74, 6) is 0. The molecule has 1 aromatic carbocycles. The third-order valence-corrected chi connectivity index (χ3v) is 4.45. The number of thiophene rings is 1. The van der Waals surface area contributed by atoms with Crippen molar-refractivity contribution in [3.8, 4) is 0 Å². The highest BCUT2D eigenvalue weighted by molar-refractivity contribution is 9.10. The second-order valence-electron chi connectivity index (χ2n) is 3.99. The highest BCUT2D eigenvalue weighted by Gasteiger charge is 2.01. The predicted octanol–water partition coefficient (Wildman–Crippen LogP) is 4.19. The van der Waals surface area contributed by atoms with E-state index in [-0.39, 0.29) is 0 Å². The minimum absolute atomic E-state index is 0.861. The van der Waals surface area contributed by atoms with Crippen LogP contribution >= 0.6 is 27.3 Å². The van der Waals surface area contributed by atoms with E-state index in [2.05, 4.69) is 61.9 Å². The highest BCUT2D eigenvalue weighted by atomic mass is 79.9. The summed E-state index contributed by atoms with van der Waals surface area (Å²) < 4.78 is 1.18. The molecule has 90 valence electrons. The molecule has 1 heterocycles. The molecule has 17 heavy (non-hydrogen) atoms. The van der Waals surface area contributed by atoms with Crippen molar-refractivity contribution in [3.05, 3.63) is 45.1 Å². The van der Waals surface area contributed by atoms with E-state index in [1.54, 1.807) is 11.3 Å². The normalized spacial score (nSPS) is 10.3. The molecule has 0 radical (unpaired) electrons. The molecule has 2 nitrogen and oxygen atoms in total. The maximum atomic E-state index is 3.53. The van der Waals surface area contributed by atoms with Gasteiger partial charge in [-0.2, -0.15) is 0 Å². The number of halogens is 1. The van der Waals surface area contributed by atoms with Crippen LogP contribution in [0.2, 0.25) is 0 Å². The lowest BCUT2D eigenvalue weighted by Gasteiger charge is -2.13. The Morgan fingerprint density at radius 2 is 1.88 bits per heavy atom. The van der Waals surface area contributed by atoms with Gasteiger partial charge in [0.05, 0.1) is 6.54 Å².